The first-order chi connectivity index (χ1) is 9.76. The molecule has 2 aliphatic rings. The lowest BCUT2D eigenvalue weighted by molar-refractivity contribution is -0.192. The Morgan fingerprint density at radius 2 is 1.90 bits per heavy atom. The summed E-state index contributed by atoms with van der Waals surface area (Å²) in [5.74, 6) is 0.327. The van der Waals surface area contributed by atoms with E-state index in [1.165, 1.54) is 4.90 Å². The second kappa shape index (κ2) is 5.77. The van der Waals surface area contributed by atoms with Crippen LogP contribution in [0.4, 0.5) is 0 Å². The third-order valence-corrected chi connectivity index (χ3v) is 5.43. The zero-order valence-corrected chi connectivity index (χ0v) is 12.3. The molecule has 106 valence electrons. The van der Waals surface area contributed by atoms with Crippen LogP contribution in [0.2, 0.25) is 0 Å². The number of hydrogen-bond acceptors (Lipinski definition) is 4. The van der Waals surface area contributed by atoms with Crippen molar-refractivity contribution in [2.75, 3.05) is 19.0 Å². The molecule has 3 nitrogen and oxygen atoms in total. The maximum absolute atomic E-state index is 9.69. The molecule has 1 heterocycles. The van der Waals surface area contributed by atoms with Crippen LogP contribution in [0.1, 0.15) is 25.7 Å². The largest absolute Gasteiger partial charge is 0.347 e. The highest BCUT2D eigenvalue weighted by atomic mass is 32.2. The summed E-state index contributed by atoms with van der Waals surface area (Å²) in [6.07, 6.45) is 3.57. The molecule has 0 N–H and O–H groups in total. The molecule has 1 saturated heterocycles. The first kappa shape index (κ1) is 13.9. The molecular formula is C16H19NO2S. The molecule has 3 rings (SSSR count). The number of hydrogen-bond donors (Lipinski definition) is 0. The Labute approximate surface area is 124 Å². The standard InChI is InChI=1S/C16H19NO2S/c17-12-15(13-20-14-5-2-1-3-6-14)7-4-8-16(11-15)18-9-10-19-16/h1-3,5-6H,4,7-11,13H2. The van der Waals surface area contributed by atoms with Crippen molar-refractivity contribution >= 4 is 11.8 Å². The third kappa shape index (κ3) is 2.85. The van der Waals surface area contributed by atoms with Gasteiger partial charge in [0.1, 0.15) is 0 Å². The van der Waals surface area contributed by atoms with Gasteiger partial charge in [-0.2, -0.15) is 5.26 Å². The topological polar surface area (TPSA) is 42.2 Å². The normalized spacial score (nSPS) is 28.4. The van der Waals surface area contributed by atoms with Crippen molar-refractivity contribution in [2.24, 2.45) is 5.41 Å². The Hall–Kier alpha value is -1.02. The number of nitriles is 1. The number of ether oxygens (including phenoxy) is 2. The second-order valence-corrected chi connectivity index (χ2v) is 6.68. The summed E-state index contributed by atoms with van der Waals surface area (Å²) in [7, 11) is 0. The molecule has 1 spiro atoms. The van der Waals surface area contributed by atoms with Gasteiger partial charge >= 0.3 is 0 Å². The van der Waals surface area contributed by atoms with E-state index in [1.807, 2.05) is 18.2 Å². The van der Waals surface area contributed by atoms with E-state index in [4.69, 9.17) is 9.47 Å². The van der Waals surface area contributed by atoms with E-state index in [0.717, 1.165) is 25.0 Å². The van der Waals surface area contributed by atoms with Gasteiger partial charge in [0.25, 0.3) is 0 Å². The zero-order chi connectivity index (χ0) is 13.9. The van der Waals surface area contributed by atoms with Gasteiger partial charge in [0.05, 0.1) is 24.7 Å². The minimum absolute atomic E-state index is 0.330. The van der Waals surface area contributed by atoms with Gasteiger partial charge in [0.2, 0.25) is 0 Å². The first-order valence-corrected chi connectivity index (χ1v) is 8.12. The average Bonchev–Trinajstić information content (AvgIpc) is 2.94. The molecule has 1 atom stereocenters. The van der Waals surface area contributed by atoms with Crippen LogP contribution >= 0.6 is 11.8 Å². The second-order valence-electron chi connectivity index (χ2n) is 5.63. The number of benzene rings is 1. The predicted octanol–water partition coefficient (Wildman–Crippen LogP) is 3.61. The van der Waals surface area contributed by atoms with Crippen molar-refractivity contribution in [1.29, 1.82) is 5.26 Å². The van der Waals surface area contributed by atoms with Gasteiger partial charge in [0.15, 0.2) is 5.79 Å². The van der Waals surface area contributed by atoms with Gasteiger partial charge in [0, 0.05) is 23.5 Å². The van der Waals surface area contributed by atoms with Crippen molar-refractivity contribution in [3.8, 4) is 6.07 Å². The molecule has 20 heavy (non-hydrogen) atoms. The molecule has 1 aliphatic carbocycles. The Balaban J connectivity index is 1.69. The Kier molecular flexibility index (Phi) is 4.02. The minimum atomic E-state index is -0.481. The smallest absolute Gasteiger partial charge is 0.170 e. The number of nitrogens with zero attached hydrogens (tertiary/aromatic N) is 1. The summed E-state index contributed by atoms with van der Waals surface area (Å²) in [6, 6.07) is 12.8. The SMILES string of the molecule is N#CC1(CSc2ccccc2)CCCC2(C1)OCCO2. The van der Waals surface area contributed by atoms with Crippen molar-refractivity contribution in [3.63, 3.8) is 0 Å². The fraction of sp³-hybridized carbons (Fsp3) is 0.562. The lowest BCUT2D eigenvalue weighted by Gasteiger charge is -2.40. The first-order valence-electron chi connectivity index (χ1n) is 7.13. The highest BCUT2D eigenvalue weighted by molar-refractivity contribution is 7.99. The van der Waals surface area contributed by atoms with E-state index < -0.39 is 5.79 Å². The van der Waals surface area contributed by atoms with Crippen molar-refractivity contribution in [3.05, 3.63) is 30.3 Å². The molecule has 1 saturated carbocycles. The third-order valence-electron chi connectivity index (χ3n) is 4.13. The summed E-state index contributed by atoms with van der Waals surface area (Å²) in [5.41, 5.74) is -0.330. The predicted molar refractivity (Wildman–Crippen MR) is 78.3 cm³/mol. The minimum Gasteiger partial charge on any atom is -0.347 e. The van der Waals surface area contributed by atoms with E-state index >= 15 is 0 Å². The molecule has 1 aromatic rings. The molecule has 0 bridgehead atoms. The fourth-order valence-corrected chi connectivity index (χ4v) is 4.22. The van der Waals surface area contributed by atoms with Gasteiger partial charge in [-0.15, -0.1) is 11.8 Å². The maximum atomic E-state index is 9.69. The van der Waals surface area contributed by atoms with E-state index in [2.05, 4.69) is 18.2 Å². The van der Waals surface area contributed by atoms with Gasteiger partial charge in [-0.1, -0.05) is 18.2 Å². The van der Waals surface area contributed by atoms with Crippen LogP contribution in [0.25, 0.3) is 0 Å². The molecule has 1 aromatic carbocycles. The lowest BCUT2D eigenvalue weighted by Crippen LogP contribution is -2.43. The van der Waals surface area contributed by atoms with Crippen LogP contribution in [0.15, 0.2) is 35.2 Å². The van der Waals surface area contributed by atoms with Crippen molar-refractivity contribution < 1.29 is 9.47 Å². The van der Waals surface area contributed by atoms with Gasteiger partial charge in [-0.25, -0.2) is 0 Å². The number of thioether (sulfide) groups is 1. The molecule has 0 aromatic heterocycles. The van der Waals surface area contributed by atoms with Crippen LogP contribution in [-0.2, 0) is 9.47 Å². The summed E-state index contributed by atoms with van der Waals surface area (Å²) in [4.78, 5) is 1.22. The Bertz CT molecular complexity index is 493. The van der Waals surface area contributed by atoms with E-state index in [-0.39, 0.29) is 5.41 Å². The number of rotatable bonds is 3. The van der Waals surface area contributed by atoms with Crippen LogP contribution in [0.3, 0.4) is 0 Å². The highest BCUT2D eigenvalue weighted by Gasteiger charge is 2.48. The molecule has 2 fully saturated rings. The molecule has 0 radical (unpaired) electrons. The monoisotopic (exact) mass is 289 g/mol. The van der Waals surface area contributed by atoms with Gasteiger partial charge < -0.3 is 9.47 Å². The van der Waals surface area contributed by atoms with E-state index in [1.54, 1.807) is 11.8 Å². The Morgan fingerprint density at radius 1 is 1.15 bits per heavy atom. The summed E-state index contributed by atoms with van der Waals surface area (Å²) >= 11 is 1.76. The molecular weight excluding hydrogens is 270 g/mol. The molecule has 1 unspecified atom stereocenters. The van der Waals surface area contributed by atoms with Gasteiger partial charge in [-0.05, 0) is 25.0 Å². The summed E-state index contributed by atoms with van der Waals surface area (Å²) in [6.45, 7) is 1.32. The van der Waals surface area contributed by atoms with Crippen molar-refractivity contribution in [2.45, 2.75) is 36.4 Å². The molecule has 4 heteroatoms. The van der Waals surface area contributed by atoms with Crippen LogP contribution in [0, 0.1) is 16.7 Å². The zero-order valence-electron chi connectivity index (χ0n) is 11.5. The van der Waals surface area contributed by atoms with E-state index in [9.17, 15) is 5.26 Å². The highest BCUT2D eigenvalue weighted by Crippen LogP contribution is 2.47. The fourth-order valence-electron chi connectivity index (χ4n) is 3.12. The van der Waals surface area contributed by atoms with Crippen LogP contribution < -0.4 is 0 Å². The quantitative estimate of drug-likeness (QED) is 0.797. The molecule has 1 aliphatic heterocycles. The maximum Gasteiger partial charge on any atom is 0.170 e. The summed E-state index contributed by atoms with van der Waals surface area (Å²) in [5, 5.41) is 9.69. The van der Waals surface area contributed by atoms with Crippen LogP contribution in [-0.4, -0.2) is 24.8 Å². The van der Waals surface area contributed by atoms with Gasteiger partial charge in [-0.3, -0.25) is 0 Å². The van der Waals surface area contributed by atoms with Crippen LogP contribution in [0.5, 0.6) is 0 Å². The molecule has 0 amide bonds. The lowest BCUT2D eigenvalue weighted by atomic mass is 9.73. The Morgan fingerprint density at radius 3 is 2.60 bits per heavy atom. The summed E-state index contributed by atoms with van der Waals surface area (Å²) < 4.78 is 11.6. The van der Waals surface area contributed by atoms with Crippen molar-refractivity contribution in [1.82, 2.24) is 0 Å². The van der Waals surface area contributed by atoms with E-state index in [0.29, 0.717) is 19.6 Å². The average molecular weight is 289 g/mol.